The maximum atomic E-state index is 11.9. The highest BCUT2D eigenvalue weighted by molar-refractivity contribution is 7.98. The molecule has 24 heavy (non-hydrogen) atoms. The molecule has 1 unspecified atom stereocenters. The highest BCUT2D eigenvalue weighted by Crippen LogP contribution is 2.27. The van der Waals surface area contributed by atoms with Crippen LogP contribution in [0.3, 0.4) is 0 Å². The van der Waals surface area contributed by atoms with Crippen LogP contribution in [0, 0.1) is 0 Å². The number of hydrogen-bond donors (Lipinski definition) is 1. The Morgan fingerprint density at radius 2 is 1.96 bits per heavy atom. The van der Waals surface area contributed by atoms with Gasteiger partial charge in [-0.25, -0.2) is 4.98 Å². The van der Waals surface area contributed by atoms with E-state index < -0.39 is 12.0 Å². The van der Waals surface area contributed by atoms with Crippen molar-refractivity contribution in [1.29, 1.82) is 0 Å². The lowest BCUT2D eigenvalue weighted by Gasteiger charge is -2.38. The minimum absolute atomic E-state index is 0.594. The number of piperazine rings is 1. The van der Waals surface area contributed by atoms with Crippen molar-refractivity contribution < 1.29 is 9.90 Å². The molecule has 3 rings (SSSR count). The summed E-state index contributed by atoms with van der Waals surface area (Å²) in [4.78, 5) is 21.6. The lowest BCUT2D eigenvalue weighted by atomic mass is 10.0. The first-order valence-electron chi connectivity index (χ1n) is 7.96. The summed E-state index contributed by atoms with van der Waals surface area (Å²) in [6.45, 7) is 2.97. The van der Waals surface area contributed by atoms with E-state index >= 15 is 0 Å². The Morgan fingerprint density at radius 3 is 2.58 bits per heavy atom. The normalized spacial score (nSPS) is 16.8. The SMILES string of the molecule is CSc1cccc(C(C(=O)O)N2CCN(c3ccccn3)CC2)c1. The first kappa shape index (κ1) is 16.8. The number of pyridine rings is 1. The van der Waals surface area contributed by atoms with Gasteiger partial charge in [0.2, 0.25) is 0 Å². The molecule has 2 aromatic rings. The molecule has 0 amide bonds. The van der Waals surface area contributed by atoms with Gasteiger partial charge in [0.25, 0.3) is 0 Å². The van der Waals surface area contributed by atoms with E-state index in [1.54, 1.807) is 18.0 Å². The van der Waals surface area contributed by atoms with Crippen molar-refractivity contribution >= 4 is 23.5 Å². The molecule has 1 saturated heterocycles. The van der Waals surface area contributed by atoms with E-state index in [9.17, 15) is 9.90 Å². The number of carbonyl (C=O) groups is 1. The number of hydrogen-bond acceptors (Lipinski definition) is 5. The smallest absolute Gasteiger partial charge is 0.325 e. The molecule has 0 saturated carbocycles. The largest absolute Gasteiger partial charge is 0.480 e. The summed E-state index contributed by atoms with van der Waals surface area (Å²) in [5, 5.41) is 9.75. The van der Waals surface area contributed by atoms with E-state index in [0.717, 1.165) is 29.4 Å². The van der Waals surface area contributed by atoms with E-state index in [4.69, 9.17) is 0 Å². The first-order chi connectivity index (χ1) is 11.7. The molecule has 1 aromatic heterocycles. The number of thioether (sulfide) groups is 1. The Morgan fingerprint density at radius 1 is 1.17 bits per heavy atom. The van der Waals surface area contributed by atoms with E-state index in [1.165, 1.54) is 0 Å². The van der Waals surface area contributed by atoms with Crippen LogP contribution in [0.2, 0.25) is 0 Å². The molecular weight excluding hydrogens is 322 g/mol. The lowest BCUT2D eigenvalue weighted by Crippen LogP contribution is -2.49. The van der Waals surface area contributed by atoms with Gasteiger partial charge in [0.15, 0.2) is 0 Å². The van der Waals surface area contributed by atoms with Crippen molar-refractivity contribution in [2.24, 2.45) is 0 Å². The van der Waals surface area contributed by atoms with Crippen LogP contribution in [0.5, 0.6) is 0 Å². The first-order valence-corrected chi connectivity index (χ1v) is 9.18. The van der Waals surface area contributed by atoms with Gasteiger partial charge in [0, 0.05) is 37.3 Å². The number of carboxylic acid groups (broad SMARTS) is 1. The highest BCUT2D eigenvalue weighted by atomic mass is 32.2. The summed E-state index contributed by atoms with van der Waals surface area (Å²) in [5.41, 5.74) is 0.848. The van der Waals surface area contributed by atoms with Gasteiger partial charge in [-0.05, 0) is 36.1 Å². The van der Waals surface area contributed by atoms with Crippen molar-refractivity contribution in [1.82, 2.24) is 9.88 Å². The van der Waals surface area contributed by atoms with Gasteiger partial charge in [0.1, 0.15) is 11.9 Å². The van der Waals surface area contributed by atoms with Crippen LogP contribution in [0.1, 0.15) is 11.6 Å². The van der Waals surface area contributed by atoms with Crippen molar-refractivity contribution in [2.45, 2.75) is 10.9 Å². The molecule has 1 fully saturated rings. The Bertz CT molecular complexity index is 688. The zero-order chi connectivity index (χ0) is 16.9. The van der Waals surface area contributed by atoms with Gasteiger partial charge in [-0.15, -0.1) is 11.8 Å². The zero-order valence-corrected chi connectivity index (χ0v) is 14.4. The van der Waals surface area contributed by atoms with Crippen molar-refractivity contribution in [3.05, 3.63) is 54.2 Å². The molecule has 1 aliphatic rings. The standard InChI is InChI=1S/C18H21N3O2S/c1-24-15-6-4-5-14(13-15)17(18(22)23)21-11-9-20(10-12-21)16-7-2-3-8-19-16/h2-8,13,17H,9-12H2,1H3,(H,22,23). The summed E-state index contributed by atoms with van der Waals surface area (Å²) >= 11 is 1.63. The van der Waals surface area contributed by atoms with Gasteiger partial charge in [-0.3, -0.25) is 9.69 Å². The third-order valence-electron chi connectivity index (χ3n) is 4.30. The minimum atomic E-state index is -0.792. The number of aliphatic carboxylic acids is 1. The maximum Gasteiger partial charge on any atom is 0.325 e. The van der Waals surface area contributed by atoms with Crippen molar-refractivity contribution in [2.75, 3.05) is 37.3 Å². The molecular formula is C18H21N3O2S. The second kappa shape index (κ2) is 7.68. The number of benzene rings is 1. The van der Waals surface area contributed by atoms with E-state index in [-0.39, 0.29) is 0 Å². The number of anilines is 1. The van der Waals surface area contributed by atoms with Gasteiger partial charge in [0.05, 0.1) is 0 Å². The van der Waals surface area contributed by atoms with Crippen LogP contribution in [0.15, 0.2) is 53.6 Å². The van der Waals surface area contributed by atoms with Gasteiger partial charge < -0.3 is 10.0 Å². The molecule has 5 nitrogen and oxygen atoms in total. The lowest BCUT2D eigenvalue weighted by molar-refractivity contribution is -0.143. The fourth-order valence-corrected chi connectivity index (χ4v) is 3.54. The highest BCUT2D eigenvalue weighted by Gasteiger charge is 2.30. The Balaban J connectivity index is 1.73. The Labute approximate surface area is 146 Å². The fourth-order valence-electron chi connectivity index (χ4n) is 3.07. The third kappa shape index (κ3) is 3.71. The second-order valence-corrected chi connectivity index (χ2v) is 6.61. The topological polar surface area (TPSA) is 56.7 Å². The monoisotopic (exact) mass is 343 g/mol. The van der Waals surface area contributed by atoms with E-state index in [1.807, 2.05) is 53.6 Å². The molecule has 1 N–H and O–H groups in total. The Hall–Kier alpha value is -2.05. The average molecular weight is 343 g/mol. The van der Waals surface area contributed by atoms with Crippen LogP contribution in [0.25, 0.3) is 0 Å². The summed E-state index contributed by atoms with van der Waals surface area (Å²) in [6.07, 6.45) is 3.79. The summed E-state index contributed by atoms with van der Waals surface area (Å²) in [7, 11) is 0. The van der Waals surface area contributed by atoms with Crippen LogP contribution >= 0.6 is 11.8 Å². The molecule has 0 aliphatic carbocycles. The number of nitrogens with zero attached hydrogens (tertiary/aromatic N) is 3. The molecule has 1 aliphatic heterocycles. The Kier molecular flexibility index (Phi) is 5.37. The van der Waals surface area contributed by atoms with Crippen molar-refractivity contribution in [3.63, 3.8) is 0 Å². The third-order valence-corrected chi connectivity index (χ3v) is 5.02. The molecule has 2 heterocycles. The number of rotatable bonds is 5. The molecule has 0 bridgehead atoms. The fraction of sp³-hybridized carbons (Fsp3) is 0.333. The van der Waals surface area contributed by atoms with E-state index in [2.05, 4.69) is 9.88 Å². The predicted molar refractivity (Wildman–Crippen MR) is 96.6 cm³/mol. The maximum absolute atomic E-state index is 11.9. The predicted octanol–water partition coefficient (Wildman–Crippen LogP) is 2.75. The molecule has 1 atom stereocenters. The summed E-state index contributed by atoms with van der Waals surface area (Å²) in [5.74, 6) is 0.160. The van der Waals surface area contributed by atoms with Crippen molar-refractivity contribution in [3.8, 4) is 0 Å². The quantitative estimate of drug-likeness (QED) is 0.843. The molecule has 126 valence electrons. The van der Waals surface area contributed by atoms with Crippen LogP contribution in [-0.2, 0) is 4.79 Å². The second-order valence-electron chi connectivity index (χ2n) is 5.73. The molecule has 1 aromatic carbocycles. The van der Waals surface area contributed by atoms with Crippen LogP contribution in [-0.4, -0.2) is 53.4 Å². The van der Waals surface area contributed by atoms with Gasteiger partial charge >= 0.3 is 5.97 Å². The molecule has 0 spiro atoms. The average Bonchev–Trinajstić information content (AvgIpc) is 2.63. The summed E-state index contributed by atoms with van der Waals surface area (Å²) in [6, 6.07) is 13.1. The zero-order valence-electron chi connectivity index (χ0n) is 13.6. The van der Waals surface area contributed by atoms with Gasteiger partial charge in [-0.1, -0.05) is 18.2 Å². The number of aromatic nitrogens is 1. The summed E-state index contributed by atoms with van der Waals surface area (Å²) < 4.78 is 0. The van der Waals surface area contributed by atoms with Gasteiger partial charge in [-0.2, -0.15) is 0 Å². The molecule has 0 radical (unpaired) electrons. The van der Waals surface area contributed by atoms with Crippen LogP contribution in [0.4, 0.5) is 5.82 Å². The number of carboxylic acids is 1. The molecule has 6 heteroatoms. The van der Waals surface area contributed by atoms with Crippen LogP contribution < -0.4 is 4.90 Å². The van der Waals surface area contributed by atoms with E-state index in [0.29, 0.717) is 13.1 Å². The minimum Gasteiger partial charge on any atom is -0.480 e.